The van der Waals surface area contributed by atoms with E-state index in [2.05, 4.69) is 43.2 Å². The number of fused-ring (bicyclic) bond motifs is 1. The molecule has 0 aromatic heterocycles. The number of hydrogen-bond donors (Lipinski definition) is 0. The summed E-state index contributed by atoms with van der Waals surface area (Å²) in [5, 5.41) is 4.60. The van der Waals surface area contributed by atoms with Gasteiger partial charge in [-0.05, 0) is 55.4 Å². The van der Waals surface area contributed by atoms with Crippen molar-refractivity contribution < 1.29 is 8.42 Å². The van der Waals surface area contributed by atoms with Gasteiger partial charge in [0.25, 0.3) is 10.0 Å². The van der Waals surface area contributed by atoms with Crippen LogP contribution in [0.15, 0.2) is 58.5 Å². The third kappa shape index (κ3) is 3.18. The maximum Gasteiger partial charge on any atom is 0.279 e. The van der Waals surface area contributed by atoms with E-state index in [-0.39, 0.29) is 12.0 Å². The van der Waals surface area contributed by atoms with Crippen molar-refractivity contribution in [3.05, 3.63) is 65.2 Å². The normalized spacial score (nSPS) is 22.2. The molecule has 0 spiro atoms. The molecule has 0 amide bonds. The topological polar surface area (TPSA) is 49.7 Å². The van der Waals surface area contributed by atoms with Crippen LogP contribution in [0.25, 0.3) is 0 Å². The summed E-state index contributed by atoms with van der Waals surface area (Å²) in [5.41, 5.74) is 4.36. The maximum absolute atomic E-state index is 13.4. The summed E-state index contributed by atoms with van der Waals surface area (Å²) in [7, 11) is -3.68. The average Bonchev–Trinajstić information content (AvgIpc) is 3.23. The Morgan fingerprint density at radius 1 is 1.04 bits per heavy atom. The zero-order valence-corrected chi connectivity index (χ0v) is 16.9. The predicted octanol–water partition coefficient (Wildman–Crippen LogP) is 5.02. The molecule has 0 N–H and O–H groups in total. The number of aryl methyl sites for hydroxylation is 1. The Labute approximate surface area is 162 Å². The molecule has 1 fully saturated rings. The third-order valence-corrected chi connectivity index (χ3v) is 7.40. The predicted molar refractivity (Wildman–Crippen MR) is 108 cm³/mol. The summed E-state index contributed by atoms with van der Waals surface area (Å²) in [6, 6.07) is 15.2. The van der Waals surface area contributed by atoms with Crippen molar-refractivity contribution in [3.8, 4) is 0 Å². The highest BCUT2D eigenvalue weighted by molar-refractivity contribution is 7.89. The summed E-state index contributed by atoms with van der Waals surface area (Å²) in [4.78, 5) is 0.307. The van der Waals surface area contributed by atoms with Crippen molar-refractivity contribution >= 4 is 15.7 Å². The molecule has 2 aromatic rings. The highest BCUT2D eigenvalue weighted by Crippen LogP contribution is 2.45. The Morgan fingerprint density at radius 3 is 2.33 bits per heavy atom. The molecule has 1 heterocycles. The SMILES string of the molecule is Cc1ccc(S(=O)(=O)N2N=C3CCCC3C2c2ccc(C(C)C)cc2)cc1. The van der Waals surface area contributed by atoms with E-state index in [1.54, 1.807) is 12.1 Å². The smallest absolute Gasteiger partial charge is 0.200 e. The summed E-state index contributed by atoms with van der Waals surface area (Å²) < 4.78 is 28.1. The van der Waals surface area contributed by atoms with Gasteiger partial charge in [-0.2, -0.15) is 17.9 Å². The second-order valence-electron chi connectivity index (χ2n) is 7.95. The van der Waals surface area contributed by atoms with Crippen molar-refractivity contribution in [3.63, 3.8) is 0 Å². The van der Waals surface area contributed by atoms with Crippen LogP contribution >= 0.6 is 0 Å². The fourth-order valence-electron chi connectivity index (χ4n) is 4.12. The molecule has 2 atom stereocenters. The molecule has 27 heavy (non-hydrogen) atoms. The first kappa shape index (κ1) is 18.2. The van der Waals surface area contributed by atoms with Crippen molar-refractivity contribution in [1.29, 1.82) is 0 Å². The Balaban J connectivity index is 1.75. The Kier molecular flexibility index (Phi) is 4.58. The second kappa shape index (κ2) is 6.79. The minimum atomic E-state index is -3.68. The van der Waals surface area contributed by atoms with E-state index in [0.717, 1.165) is 36.1 Å². The van der Waals surface area contributed by atoms with Crippen LogP contribution in [0.1, 0.15) is 61.8 Å². The molecular weight excluding hydrogens is 356 g/mol. The first-order chi connectivity index (χ1) is 12.9. The van der Waals surface area contributed by atoms with E-state index in [1.807, 2.05) is 19.1 Å². The number of hydrazone groups is 1. The van der Waals surface area contributed by atoms with Crippen LogP contribution in [0.2, 0.25) is 0 Å². The van der Waals surface area contributed by atoms with Crippen molar-refractivity contribution in [1.82, 2.24) is 4.41 Å². The number of benzene rings is 2. The average molecular weight is 383 g/mol. The van der Waals surface area contributed by atoms with Crippen LogP contribution in [0.4, 0.5) is 0 Å². The number of rotatable bonds is 4. The minimum Gasteiger partial charge on any atom is -0.200 e. The highest BCUT2D eigenvalue weighted by Gasteiger charge is 2.45. The Hall–Kier alpha value is -2.14. The molecule has 4 nitrogen and oxygen atoms in total. The van der Waals surface area contributed by atoms with Gasteiger partial charge in [-0.3, -0.25) is 0 Å². The van der Waals surface area contributed by atoms with Crippen LogP contribution in [0.3, 0.4) is 0 Å². The van der Waals surface area contributed by atoms with Crippen LogP contribution in [0, 0.1) is 12.8 Å². The molecule has 1 saturated carbocycles. The van der Waals surface area contributed by atoms with Crippen molar-refractivity contribution in [2.24, 2.45) is 11.0 Å². The van der Waals surface area contributed by atoms with Gasteiger partial charge in [0.1, 0.15) is 0 Å². The third-order valence-electron chi connectivity index (χ3n) is 5.73. The largest absolute Gasteiger partial charge is 0.279 e. The van der Waals surface area contributed by atoms with Crippen molar-refractivity contribution in [2.75, 3.05) is 0 Å². The Bertz CT molecular complexity index is 960. The lowest BCUT2D eigenvalue weighted by atomic mass is 9.91. The van der Waals surface area contributed by atoms with E-state index < -0.39 is 10.0 Å². The molecule has 0 radical (unpaired) electrons. The van der Waals surface area contributed by atoms with Crippen LogP contribution < -0.4 is 0 Å². The molecular formula is C22H26N2O2S. The lowest BCUT2D eigenvalue weighted by Gasteiger charge is -2.27. The molecule has 5 heteroatoms. The molecule has 0 saturated heterocycles. The van der Waals surface area contributed by atoms with Gasteiger partial charge in [0, 0.05) is 11.6 Å². The van der Waals surface area contributed by atoms with E-state index in [1.165, 1.54) is 9.98 Å². The minimum absolute atomic E-state index is 0.190. The quantitative estimate of drug-likeness (QED) is 0.745. The second-order valence-corrected chi connectivity index (χ2v) is 9.74. The molecule has 1 aliphatic carbocycles. The molecule has 142 valence electrons. The van der Waals surface area contributed by atoms with Gasteiger partial charge in [-0.25, -0.2) is 0 Å². The zero-order valence-electron chi connectivity index (χ0n) is 16.1. The standard InChI is InChI=1S/C22H26N2O2S/c1-15(2)17-9-11-18(12-10-17)22-20-5-4-6-21(20)23-24(22)27(25,26)19-13-7-16(3)8-14-19/h7-15,20,22H,4-6H2,1-3H3. The van der Waals surface area contributed by atoms with Crippen LogP contribution in [-0.2, 0) is 10.0 Å². The summed E-state index contributed by atoms with van der Waals surface area (Å²) >= 11 is 0. The number of nitrogens with zero attached hydrogens (tertiary/aromatic N) is 2. The van der Waals surface area contributed by atoms with Gasteiger partial charge in [0.2, 0.25) is 0 Å². The van der Waals surface area contributed by atoms with Gasteiger partial charge >= 0.3 is 0 Å². The monoisotopic (exact) mass is 382 g/mol. The summed E-state index contributed by atoms with van der Waals surface area (Å²) in [6.07, 6.45) is 2.98. The van der Waals surface area contributed by atoms with Crippen LogP contribution in [-0.4, -0.2) is 18.5 Å². The lowest BCUT2D eigenvalue weighted by Crippen LogP contribution is -2.30. The molecule has 4 rings (SSSR count). The highest BCUT2D eigenvalue weighted by atomic mass is 32.2. The van der Waals surface area contributed by atoms with E-state index >= 15 is 0 Å². The van der Waals surface area contributed by atoms with E-state index in [0.29, 0.717) is 10.8 Å². The molecule has 2 unspecified atom stereocenters. The maximum atomic E-state index is 13.4. The molecule has 2 aliphatic rings. The van der Waals surface area contributed by atoms with Gasteiger partial charge in [0.05, 0.1) is 10.9 Å². The summed E-state index contributed by atoms with van der Waals surface area (Å²) in [5.74, 6) is 0.642. The Morgan fingerprint density at radius 2 is 1.70 bits per heavy atom. The zero-order chi connectivity index (χ0) is 19.2. The molecule has 1 aliphatic heterocycles. The van der Waals surface area contributed by atoms with E-state index in [9.17, 15) is 8.42 Å². The summed E-state index contributed by atoms with van der Waals surface area (Å²) in [6.45, 7) is 6.28. The van der Waals surface area contributed by atoms with Crippen molar-refractivity contribution in [2.45, 2.75) is 56.9 Å². The number of hydrogen-bond acceptors (Lipinski definition) is 3. The first-order valence-electron chi connectivity index (χ1n) is 9.66. The van der Waals surface area contributed by atoms with Gasteiger partial charge < -0.3 is 0 Å². The fraction of sp³-hybridized carbons (Fsp3) is 0.409. The first-order valence-corrected chi connectivity index (χ1v) is 11.1. The van der Waals surface area contributed by atoms with E-state index in [4.69, 9.17) is 0 Å². The van der Waals surface area contributed by atoms with Crippen LogP contribution in [0.5, 0.6) is 0 Å². The number of sulfonamides is 1. The lowest BCUT2D eigenvalue weighted by molar-refractivity contribution is 0.317. The molecule has 0 bridgehead atoms. The van der Waals surface area contributed by atoms with Gasteiger partial charge in [-0.1, -0.05) is 55.8 Å². The van der Waals surface area contributed by atoms with Gasteiger partial charge in [0.15, 0.2) is 0 Å². The fourth-order valence-corrected chi connectivity index (χ4v) is 5.60. The van der Waals surface area contributed by atoms with Gasteiger partial charge in [-0.15, -0.1) is 0 Å². The molecule has 2 aromatic carbocycles.